The highest BCUT2D eigenvalue weighted by atomic mass is 35.5. The van der Waals surface area contributed by atoms with Crippen LogP contribution in [0.3, 0.4) is 0 Å². The summed E-state index contributed by atoms with van der Waals surface area (Å²) in [4.78, 5) is 0. The van der Waals surface area contributed by atoms with Gasteiger partial charge in [0.25, 0.3) is 0 Å². The van der Waals surface area contributed by atoms with Crippen LogP contribution in [0.4, 0.5) is 0 Å². The van der Waals surface area contributed by atoms with Gasteiger partial charge in [-0.15, -0.1) is 0 Å². The van der Waals surface area contributed by atoms with Gasteiger partial charge < -0.3 is 40.4 Å². The summed E-state index contributed by atoms with van der Waals surface area (Å²) < 4.78 is 16.7. The summed E-state index contributed by atoms with van der Waals surface area (Å²) in [5, 5.41) is 18.1. The van der Waals surface area contributed by atoms with Gasteiger partial charge in [-0.1, -0.05) is 0 Å². The number of aliphatic hydroxyl groups excluding tert-OH is 2. The number of hydrogen-bond acceptors (Lipinski definition) is 5. The topological polar surface area (TPSA) is 68.2 Å². The highest BCUT2D eigenvalue weighted by Gasteiger charge is 2.38. The average Bonchev–Trinajstić information content (AvgIpc) is 2.36. The fourth-order valence-corrected chi connectivity index (χ4v) is 3.76. The highest BCUT2D eigenvalue weighted by Crippen LogP contribution is 2.16. The van der Waals surface area contributed by atoms with E-state index in [9.17, 15) is 0 Å². The SMILES string of the molecule is CO[Si](CCC[N+](C)(CCO)CCO)(OC)OC.[Cl-]. The molecule has 6 nitrogen and oxygen atoms in total. The first-order valence-electron chi connectivity index (χ1n) is 6.22. The largest absolute Gasteiger partial charge is 1.00 e. The Labute approximate surface area is 123 Å². The first kappa shape index (κ1) is 21.6. The van der Waals surface area contributed by atoms with Gasteiger partial charge in [0.1, 0.15) is 13.1 Å². The number of nitrogens with zero attached hydrogens (tertiary/aromatic N) is 1. The molecule has 0 aliphatic heterocycles. The molecule has 0 saturated heterocycles. The van der Waals surface area contributed by atoms with Gasteiger partial charge in [-0.2, -0.15) is 0 Å². The van der Waals surface area contributed by atoms with Gasteiger partial charge in [-0.25, -0.2) is 0 Å². The molecule has 0 unspecified atom stereocenters. The smallest absolute Gasteiger partial charge is 0.500 e. The van der Waals surface area contributed by atoms with Gasteiger partial charge in [0.2, 0.25) is 0 Å². The molecule has 118 valence electrons. The Morgan fingerprint density at radius 2 is 1.32 bits per heavy atom. The standard InChI is InChI=1S/C11H28NO5Si.ClH/c1-12(7-9-13,8-10-14)6-5-11-18(15-2,16-3)17-4;/h13-14H,5-11H2,1-4H3;1H/q+1;/p-1. The van der Waals surface area contributed by atoms with Crippen LogP contribution in [0.1, 0.15) is 6.42 Å². The minimum Gasteiger partial charge on any atom is -1.00 e. The molecule has 0 aliphatic carbocycles. The Kier molecular flexibility index (Phi) is 12.5. The minimum absolute atomic E-state index is 0. The van der Waals surface area contributed by atoms with Crippen LogP contribution in [0.5, 0.6) is 0 Å². The van der Waals surface area contributed by atoms with Gasteiger partial charge in [-0.3, -0.25) is 0 Å². The van der Waals surface area contributed by atoms with E-state index in [0.29, 0.717) is 17.6 Å². The summed E-state index contributed by atoms with van der Waals surface area (Å²) in [6.07, 6.45) is 0.873. The van der Waals surface area contributed by atoms with E-state index < -0.39 is 8.80 Å². The van der Waals surface area contributed by atoms with Crippen molar-refractivity contribution in [2.24, 2.45) is 0 Å². The molecule has 0 spiro atoms. The molecule has 0 aromatic heterocycles. The summed E-state index contributed by atoms with van der Waals surface area (Å²) in [5.74, 6) is 0. The third-order valence-electron chi connectivity index (χ3n) is 3.39. The quantitative estimate of drug-likeness (QED) is 0.308. The maximum Gasteiger partial charge on any atom is 0.500 e. The van der Waals surface area contributed by atoms with Gasteiger partial charge in [0, 0.05) is 33.8 Å². The predicted molar refractivity (Wildman–Crippen MR) is 71.2 cm³/mol. The zero-order valence-corrected chi connectivity index (χ0v) is 14.2. The summed E-state index contributed by atoms with van der Waals surface area (Å²) in [5.41, 5.74) is 0. The van der Waals surface area contributed by atoms with Gasteiger partial charge in [0.15, 0.2) is 0 Å². The van der Waals surface area contributed by atoms with E-state index in [2.05, 4.69) is 0 Å². The zero-order chi connectivity index (χ0) is 14.1. The van der Waals surface area contributed by atoms with E-state index >= 15 is 0 Å². The lowest BCUT2D eigenvalue weighted by Gasteiger charge is -2.34. The van der Waals surface area contributed by atoms with E-state index in [-0.39, 0.29) is 25.6 Å². The van der Waals surface area contributed by atoms with Gasteiger partial charge in [-0.05, 0) is 0 Å². The van der Waals surface area contributed by atoms with Gasteiger partial charge in [0.05, 0.1) is 26.8 Å². The van der Waals surface area contributed by atoms with Crippen molar-refractivity contribution < 1.29 is 40.4 Å². The third kappa shape index (κ3) is 7.57. The molecule has 0 saturated carbocycles. The van der Waals surface area contributed by atoms with Crippen molar-refractivity contribution in [2.75, 3.05) is 61.2 Å². The van der Waals surface area contributed by atoms with Crippen molar-refractivity contribution in [3.05, 3.63) is 0 Å². The minimum atomic E-state index is -2.50. The molecule has 0 aromatic carbocycles. The molecule has 0 amide bonds. The lowest BCUT2D eigenvalue weighted by Crippen LogP contribution is -3.00. The van der Waals surface area contributed by atoms with Crippen LogP contribution in [0.15, 0.2) is 0 Å². The Balaban J connectivity index is 0. The number of aliphatic hydroxyl groups is 2. The summed E-state index contributed by atoms with van der Waals surface area (Å²) in [6.45, 7) is 2.38. The number of rotatable bonds is 11. The molecule has 2 N–H and O–H groups in total. The highest BCUT2D eigenvalue weighted by molar-refractivity contribution is 6.60. The fraction of sp³-hybridized carbons (Fsp3) is 1.00. The first-order chi connectivity index (χ1) is 8.51. The number of likely N-dealkylation sites (N-methyl/N-ethyl adjacent to an activating group) is 1. The summed E-state index contributed by atoms with van der Waals surface area (Å²) in [6, 6.07) is 0.737. The molecule has 0 radical (unpaired) electrons. The molecule has 0 atom stereocenters. The van der Waals surface area contributed by atoms with Crippen molar-refractivity contribution in [3.8, 4) is 0 Å². The Morgan fingerprint density at radius 1 is 0.895 bits per heavy atom. The van der Waals surface area contributed by atoms with Crippen molar-refractivity contribution in [2.45, 2.75) is 12.5 Å². The molecular formula is C11H28ClNO5Si. The number of halogens is 1. The number of quaternary nitrogens is 1. The molecule has 8 heteroatoms. The molecule has 19 heavy (non-hydrogen) atoms. The Morgan fingerprint density at radius 3 is 1.63 bits per heavy atom. The molecule has 0 aromatic rings. The van der Waals surface area contributed by atoms with E-state index in [1.807, 2.05) is 7.05 Å². The average molecular weight is 318 g/mol. The predicted octanol–water partition coefficient (Wildman–Crippen LogP) is -3.31. The van der Waals surface area contributed by atoms with Gasteiger partial charge >= 0.3 is 8.80 Å². The Bertz CT molecular complexity index is 205. The maximum absolute atomic E-state index is 9.06. The van der Waals surface area contributed by atoms with Crippen LogP contribution < -0.4 is 12.4 Å². The molecular weight excluding hydrogens is 290 g/mol. The maximum atomic E-state index is 9.06. The van der Waals surface area contributed by atoms with E-state index in [4.69, 9.17) is 23.5 Å². The van der Waals surface area contributed by atoms with E-state index in [1.54, 1.807) is 21.3 Å². The summed E-state index contributed by atoms with van der Waals surface area (Å²) >= 11 is 0. The normalized spacial score (nSPS) is 12.3. The van der Waals surface area contributed by atoms with Crippen LogP contribution >= 0.6 is 0 Å². The van der Waals surface area contributed by atoms with Crippen LogP contribution in [-0.2, 0) is 13.3 Å². The second-order valence-electron chi connectivity index (χ2n) is 4.64. The lowest BCUT2D eigenvalue weighted by molar-refractivity contribution is -0.910. The lowest BCUT2D eigenvalue weighted by atomic mass is 10.3. The van der Waals surface area contributed by atoms with Crippen molar-refractivity contribution in [1.29, 1.82) is 0 Å². The second-order valence-corrected chi connectivity index (χ2v) is 7.73. The van der Waals surface area contributed by atoms with E-state index in [0.717, 1.165) is 19.0 Å². The second kappa shape index (κ2) is 11.0. The van der Waals surface area contributed by atoms with Crippen LogP contribution in [0.25, 0.3) is 0 Å². The molecule has 0 rings (SSSR count). The molecule has 0 fully saturated rings. The van der Waals surface area contributed by atoms with Crippen LogP contribution in [-0.4, -0.2) is 84.7 Å². The monoisotopic (exact) mass is 317 g/mol. The third-order valence-corrected chi connectivity index (χ3v) is 6.23. The van der Waals surface area contributed by atoms with E-state index in [1.165, 1.54) is 0 Å². The van der Waals surface area contributed by atoms with Crippen molar-refractivity contribution in [1.82, 2.24) is 0 Å². The summed E-state index contributed by atoms with van der Waals surface area (Å²) in [7, 11) is 4.35. The molecule has 0 bridgehead atoms. The zero-order valence-electron chi connectivity index (χ0n) is 12.4. The van der Waals surface area contributed by atoms with Crippen LogP contribution in [0, 0.1) is 0 Å². The van der Waals surface area contributed by atoms with Crippen molar-refractivity contribution in [3.63, 3.8) is 0 Å². The fourth-order valence-electron chi connectivity index (χ4n) is 2.05. The first-order valence-corrected chi connectivity index (χ1v) is 8.15. The molecule has 0 aliphatic rings. The van der Waals surface area contributed by atoms with Crippen LogP contribution in [0.2, 0.25) is 6.04 Å². The Hall–Kier alpha value is 0.267. The van der Waals surface area contributed by atoms with Crippen molar-refractivity contribution >= 4 is 8.80 Å². The molecule has 0 heterocycles. The number of hydrogen-bond donors (Lipinski definition) is 2.